The van der Waals surface area contributed by atoms with E-state index in [9.17, 15) is 14.4 Å². The van der Waals surface area contributed by atoms with E-state index in [-0.39, 0.29) is 30.6 Å². The van der Waals surface area contributed by atoms with Gasteiger partial charge in [0.15, 0.2) is 0 Å². The Morgan fingerprint density at radius 1 is 1.25 bits per heavy atom. The van der Waals surface area contributed by atoms with Gasteiger partial charge in [-0.15, -0.1) is 0 Å². The van der Waals surface area contributed by atoms with Crippen molar-refractivity contribution >= 4 is 28.7 Å². The number of carbonyl (C=O) groups excluding carboxylic acids is 3. The lowest BCUT2D eigenvalue weighted by Gasteiger charge is -2.24. The topological polar surface area (TPSA) is 107 Å². The van der Waals surface area contributed by atoms with Crippen LogP contribution in [0, 0.1) is 11.8 Å². The van der Waals surface area contributed by atoms with Gasteiger partial charge in [-0.25, -0.2) is 0 Å². The lowest BCUT2D eigenvalue weighted by atomic mass is 9.91. The molecule has 1 fully saturated rings. The SMILES string of the molecule is CCOC1OC(=O)C[C@@H]1NC(=O)[C@@H](CC(=O)NCCc1cccc2ncccc12)C(C)C. The van der Waals surface area contributed by atoms with E-state index in [1.54, 1.807) is 13.1 Å². The maximum Gasteiger partial charge on any atom is 0.310 e. The summed E-state index contributed by atoms with van der Waals surface area (Å²) < 4.78 is 10.5. The number of fused-ring (bicyclic) bond motifs is 1. The van der Waals surface area contributed by atoms with Crippen molar-refractivity contribution in [2.75, 3.05) is 13.2 Å². The van der Waals surface area contributed by atoms with Crippen LogP contribution in [0.4, 0.5) is 0 Å². The molecule has 2 N–H and O–H groups in total. The molecule has 1 aliphatic heterocycles. The van der Waals surface area contributed by atoms with Crippen molar-refractivity contribution in [1.82, 2.24) is 15.6 Å². The molecule has 0 aliphatic carbocycles. The third-order valence-electron chi connectivity index (χ3n) is 5.62. The molecule has 0 bridgehead atoms. The van der Waals surface area contributed by atoms with E-state index >= 15 is 0 Å². The first-order chi connectivity index (χ1) is 15.4. The van der Waals surface area contributed by atoms with Gasteiger partial charge in [0.1, 0.15) is 6.04 Å². The van der Waals surface area contributed by atoms with E-state index < -0.39 is 24.2 Å². The molecular formula is C24H31N3O5. The summed E-state index contributed by atoms with van der Waals surface area (Å²) in [6.45, 7) is 6.43. The van der Waals surface area contributed by atoms with E-state index in [0.29, 0.717) is 19.6 Å². The van der Waals surface area contributed by atoms with Crippen LogP contribution in [-0.2, 0) is 30.3 Å². The Morgan fingerprint density at radius 2 is 2.06 bits per heavy atom. The molecule has 0 radical (unpaired) electrons. The van der Waals surface area contributed by atoms with Crippen LogP contribution in [0.1, 0.15) is 39.2 Å². The highest BCUT2D eigenvalue weighted by Crippen LogP contribution is 2.21. The van der Waals surface area contributed by atoms with Gasteiger partial charge in [-0.3, -0.25) is 19.4 Å². The summed E-state index contributed by atoms with van der Waals surface area (Å²) in [6.07, 6.45) is 1.78. The van der Waals surface area contributed by atoms with Crippen LogP contribution in [0.5, 0.6) is 0 Å². The highest BCUT2D eigenvalue weighted by atomic mass is 16.7. The van der Waals surface area contributed by atoms with E-state index in [0.717, 1.165) is 16.5 Å². The van der Waals surface area contributed by atoms with Crippen molar-refractivity contribution in [3.63, 3.8) is 0 Å². The van der Waals surface area contributed by atoms with Gasteiger partial charge in [-0.05, 0) is 37.0 Å². The van der Waals surface area contributed by atoms with Crippen molar-refractivity contribution in [3.05, 3.63) is 42.1 Å². The van der Waals surface area contributed by atoms with E-state index in [2.05, 4.69) is 15.6 Å². The lowest BCUT2D eigenvalue weighted by Crippen LogP contribution is -2.46. The van der Waals surface area contributed by atoms with Crippen LogP contribution in [0.15, 0.2) is 36.5 Å². The molecule has 3 rings (SSSR count). The number of cyclic esters (lactones) is 1. The fourth-order valence-electron chi connectivity index (χ4n) is 3.88. The highest BCUT2D eigenvalue weighted by molar-refractivity contribution is 5.87. The second-order valence-electron chi connectivity index (χ2n) is 8.27. The molecule has 2 heterocycles. The Kier molecular flexibility index (Phi) is 8.16. The molecule has 1 saturated heterocycles. The second-order valence-corrected chi connectivity index (χ2v) is 8.27. The highest BCUT2D eigenvalue weighted by Gasteiger charge is 2.38. The Labute approximate surface area is 188 Å². The van der Waals surface area contributed by atoms with Gasteiger partial charge in [-0.2, -0.15) is 0 Å². The molecule has 1 aromatic carbocycles. The zero-order chi connectivity index (χ0) is 23.1. The standard InChI is InChI=1S/C24H31N3O5/c1-4-31-24-20(14-22(29)32-24)27-23(30)18(15(2)3)13-21(28)26-12-10-16-7-5-9-19-17(16)8-6-11-25-19/h5-9,11,15,18,20,24H,4,10,12-14H2,1-3H3,(H,26,28)(H,27,30)/t18-,20-,24?/m0/s1. The van der Waals surface area contributed by atoms with Crippen molar-refractivity contribution in [1.29, 1.82) is 0 Å². The number of esters is 1. The number of aromatic nitrogens is 1. The van der Waals surface area contributed by atoms with Crippen LogP contribution in [0.25, 0.3) is 10.9 Å². The van der Waals surface area contributed by atoms with Crippen molar-refractivity contribution in [2.24, 2.45) is 11.8 Å². The fraction of sp³-hybridized carbons (Fsp3) is 0.500. The number of benzene rings is 1. The monoisotopic (exact) mass is 441 g/mol. The summed E-state index contributed by atoms with van der Waals surface area (Å²) in [5.74, 6) is -1.43. The van der Waals surface area contributed by atoms with Gasteiger partial charge in [0.2, 0.25) is 18.1 Å². The number of amides is 2. The number of rotatable bonds is 10. The summed E-state index contributed by atoms with van der Waals surface area (Å²) in [4.78, 5) is 41.4. The first-order valence-corrected chi connectivity index (χ1v) is 11.1. The smallest absolute Gasteiger partial charge is 0.310 e. The van der Waals surface area contributed by atoms with Gasteiger partial charge in [0.05, 0.1) is 11.9 Å². The summed E-state index contributed by atoms with van der Waals surface area (Å²) in [7, 11) is 0. The Balaban J connectivity index is 1.53. The van der Waals surface area contributed by atoms with Gasteiger partial charge < -0.3 is 20.1 Å². The van der Waals surface area contributed by atoms with Gasteiger partial charge in [0, 0.05) is 37.1 Å². The molecule has 0 spiro atoms. The molecule has 2 amide bonds. The predicted molar refractivity (Wildman–Crippen MR) is 119 cm³/mol. The fourth-order valence-corrected chi connectivity index (χ4v) is 3.88. The van der Waals surface area contributed by atoms with Crippen molar-refractivity contribution < 1.29 is 23.9 Å². The molecule has 2 aromatic rings. The minimum Gasteiger partial charge on any atom is -0.433 e. The molecule has 0 saturated carbocycles. The maximum atomic E-state index is 12.9. The number of hydrogen-bond acceptors (Lipinski definition) is 6. The number of hydrogen-bond donors (Lipinski definition) is 2. The van der Waals surface area contributed by atoms with Crippen LogP contribution >= 0.6 is 0 Å². The number of nitrogens with one attached hydrogen (secondary N) is 2. The zero-order valence-corrected chi connectivity index (χ0v) is 18.8. The molecule has 172 valence electrons. The second kappa shape index (κ2) is 11.0. The number of ether oxygens (including phenoxy) is 2. The van der Waals surface area contributed by atoms with Crippen molar-refractivity contribution in [2.45, 2.75) is 52.4 Å². The maximum absolute atomic E-state index is 12.9. The molecule has 1 aliphatic rings. The number of nitrogens with zero attached hydrogens (tertiary/aromatic N) is 1. The van der Waals surface area contributed by atoms with E-state index in [1.165, 1.54) is 0 Å². The quantitative estimate of drug-likeness (QED) is 0.548. The Bertz CT molecular complexity index is 956. The van der Waals surface area contributed by atoms with Gasteiger partial charge >= 0.3 is 5.97 Å². The van der Waals surface area contributed by atoms with E-state index in [1.807, 2.05) is 44.2 Å². The molecule has 8 nitrogen and oxygen atoms in total. The third kappa shape index (κ3) is 6.03. The minimum absolute atomic E-state index is 0.0477. The van der Waals surface area contributed by atoms with Crippen LogP contribution in [0.3, 0.4) is 0 Å². The summed E-state index contributed by atoms with van der Waals surface area (Å²) in [5, 5.41) is 6.83. The van der Waals surface area contributed by atoms with Gasteiger partial charge in [-0.1, -0.05) is 32.0 Å². The Morgan fingerprint density at radius 3 is 2.81 bits per heavy atom. The summed E-state index contributed by atoms with van der Waals surface area (Å²) in [5.41, 5.74) is 2.04. The van der Waals surface area contributed by atoms with Crippen LogP contribution < -0.4 is 10.6 Å². The van der Waals surface area contributed by atoms with Gasteiger partial charge in [0.25, 0.3) is 0 Å². The molecule has 1 aromatic heterocycles. The summed E-state index contributed by atoms with van der Waals surface area (Å²) >= 11 is 0. The van der Waals surface area contributed by atoms with Crippen LogP contribution in [0.2, 0.25) is 0 Å². The third-order valence-corrected chi connectivity index (χ3v) is 5.62. The van der Waals surface area contributed by atoms with Crippen molar-refractivity contribution in [3.8, 4) is 0 Å². The molecule has 32 heavy (non-hydrogen) atoms. The van der Waals surface area contributed by atoms with E-state index in [4.69, 9.17) is 9.47 Å². The number of pyridine rings is 1. The molecule has 3 atom stereocenters. The first kappa shape index (κ1) is 23.7. The molecule has 8 heteroatoms. The average molecular weight is 442 g/mol. The molecule has 1 unspecified atom stereocenters. The minimum atomic E-state index is -0.784. The Hall–Kier alpha value is -3.00. The average Bonchev–Trinajstić information content (AvgIpc) is 3.10. The summed E-state index contributed by atoms with van der Waals surface area (Å²) in [6, 6.07) is 9.32. The molecular weight excluding hydrogens is 410 g/mol. The van der Waals surface area contributed by atoms with Crippen LogP contribution in [-0.4, -0.2) is 48.3 Å². The normalized spacial score (nSPS) is 19.1. The first-order valence-electron chi connectivity index (χ1n) is 11.1. The zero-order valence-electron chi connectivity index (χ0n) is 18.8. The number of carbonyl (C=O) groups is 3. The largest absolute Gasteiger partial charge is 0.433 e. The lowest BCUT2D eigenvalue weighted by molar-refractivity contribution is -0.164. The predicted octanol–water partition coefficient (Wildman–Crippen LogP) is 2.35.